The van der Waals surface area contributed by atoms with Gasteiger partial charge in [0.15, 0.2) is 0 Å². The Kier molecular flexibility index (Phi) is 6.11. The van der Waals surface area contributed by atoms with E-state index in [4.69, 9.17) is 0 Å². The van der Waals surface area contributed by atoms with E-state index in [2.05, 4.69) is 72.6 Å². The third-order valence-corrected chi connectivity index (χ3v) is 5.45. The van der Waals surface area contributed by atoms with Gasteiger partial charge in [0.05, 0.1) is 12.6 Å². The number of anilines is 1. The van der Waals surface area contributed by atoms with Crippen molar-refractivity contribution in [3.63, 3.8) is 0 Å². The van der Waals surface area contributed by atoms with Crippen molar-refractivity contribution in [2.75, 3.05) is 24.6 Å². The minimum Gasteiger partial charge on any atom is -0.394 e. The molecule has 25 heavy (non-hydrogen) atoms. The first-order chi connectivity index (χ1) is 12.3. The van der Waals surface area contributed by atoms with E-state index in [1.165, 1.54) is 22.4 Å². The molecular weight excluding hydrogens is 308 g/mol. The molecule has 3 nitrogen and oxygen atoms in total. The van der Waals surface area contributed by atoms with Crippen molar-refractivity contribution in [3.8, 4) is 11.1 Å². The molecule has 0 bridgehead atoms. The number of aliphatic hydroxyl groups excluding tert-OH is 1. The number of nitrogens with one attached hydrogen (secondary N) is 1. The van der Waals surface area contributed by atoms with Crippen molar-refractivity contribution >= 4 is 5.69 Å². The number of rotatable bonds is 6. The van der Waals surface area contributed by atoms with Crippen molar-refractivity contribution in [3.05, 3.63) is 54.1 Å². The quantitative estimate of drug-likeness (QED) is 0.836. The number of hydrogen-bond acceptors (Lipinski definition) is 3. The number of benzene rings is 2. The van der Waals surface area contributed by atoms with Gasteiger partial charge >= 0.3 is 0 Å². The minimum atomic E-state index is 0.174. The van der Waals surface area contributed by atoms with Gasteiger partial charge in [-0.25, -0.2) is 0 Å². The molecule has 3 rings (SSSR count). The van der Waals surface area contributed by atoms with Crippen LogP contribution in [0.15, 0.2) is 48.5 Å². The highest BCUT2D eigenvalue weighted by molar-refractivity contribution is 5.74. The van der Waals surface area contributed by atoms with E-state index >= 15 is 0 Å². The molecule has 1 saturated heterocycles. The molecule has 1 atom stereocenters. The SMILES string of the molecule is CC[C@H](CO)N(c1cccc(-c2ccccc2)c1C)C1CCNCC1. The predicted octanol–water partition coefficient (Wildman–Crippen LogP) is 3.99. The highest BCUT2D eigenvalue weighted by Gasteiger charge is 2.28. The van der Waals surface area contributed by atoms with Crippen LogP contribution in [-0.2, 0) is 0 Å². The summed E-state index contributed by atoms with van der Waals surface area (Å²) in [5.74, 6) is 0. The minimum absolute atomic E-state index is 0.174. The van der Waals surface area contributed by atoms with E-state index in [0.717, 1.165) is 32.4 Å². The monoisotopic (exact) mass is 338 g/mol. The van der Waals surface area contributed by atoms with Crippen LogP contribution in [0.25, 0.3) is 11.1 Å². The third-order valence-electron chi connectivity index (χ3n) is 5.45. The highest BCUT2D eigenvalue weighted by Crippen LogP contribution is 2.34. The molecule has 0 unspecified atom stereocenters. The zero-order valence-electron chi connectivity index (χ0n) is 15.4. The first-order valence-corrected chi connectivity index (χ1v) is 9.51. The van der Waals surface area contributed by atoms with Gasteiger partial charge in [-0.2, -0.15) is 0 Å². The summed E-state index contributed by atoms with van der Waals surface area (Å²) in [6.07, 6.45) is 3.21. The summed E-state index contributed by atoms with van der Waals surface area (Å²) in [5, 5.41) is 13.5. The van der Waals surface area contributed by atoms with Crippen LogP contribution >= 0.6 is 0 Å². The maximum atomic E-state index is 10.0. The van der Waals surface area contributed by atoms with Crippen molar-refractivity contribution in [2.24, 2.45) is 0 Å². The average Bonchev–Trinajstić information content (AvgIpc) is 2.68. The second kappa shape index (κ2) is 8.50. The Morgan fingerprint density at radius 2 is 1.80 bits per heavy atom. The van der Waals surface area contributed by atoms with Gasteiger partial charge in [-0.05, 0) is 62.0 Å². The van der Waals surface area contributed by atoms with Gasteiger partial charge in [0.25, 0.3) is 0 Å². The lowest BCUT2D eigenvalue weighted by Gasteiger charge is -2.42. The normalized spacial score (nSPS) is 16.6. The van der Waals surface area contributed by atoms with E-state index in [1.807, 2.05) is 0 Å². The smallest absolute Gasteiger partial charge is 0.0635 e. The van der Waals surface area contributed by atoms with E-state index < -0.39 is 0 Å². The molecule has 3 heteroatoms. The lowest BCUT2D eigenvalue weighted by molar-refractivity contribution is 0.242. The molecule has 1 aliphatic rings. The van der Waals surface area contributed by atoms with E-state index in [9.17, 15) is 5.11 Å². The van der Waals surface area contributed by atoms with Crippen molar-refractivity contribution in [2.45, 2.75) is 45.2 Å². The largest absolute Gasteiger partial charge is 0.394 e. The maximum Gasteiger partial charge on any atom is 0.0635 e. The number of nitrogens with zero attached hydrogens (tertiary/aromatic N) is 1. The first-order valence-electron chi connectivity index (χ1n) is 9.51. The average molecular weight is 338 g/mol. The van der Waals surface area contributed by atoms with Crippen LogP contribution in [-0.4, -0.2) is 36.9 Å². The molecule has 2 aromatic carbocycles. The Bertz CT molecular complexity index is 661. The molecule has 134 valence electrons. The molecule has 1 heterocycles. The summed E-state index contributed by atoms with van der Waals surface area (Å²) in [4.78, 5) is 2.50. The van der Waals surface area contributed by atoms with Gasteiger partial charge in [0.1, 0.15) is 0 Å². The Balaban J connectivity index is 2.03. The molecule has 0 aromatic heterocycles. The molecule has 2 N–H and O–H groups in total. The van der Waals surface area contributed by atoms with Crippen LogP contribution in [0.1, 0.15) is 31.7 Å². The standard InChI is InChI=1S/C22H30N2O/c1-3-19(16-25)24(20-12-14-23-15-13-20)22-11-7-10-21(17(22)2)18-8-5-4-6-9-18/h4-11,19-20,23,25H,3,12-16H2,1-2H3/t19-/m1/s1. The lowest BCUT2D eigenvalue weighted by Crippen LogP contribution is -2.49. The maximum absolute atomic E-state index is 10.0. The van der Waals surface area contributed by atoms with Crippen LogP contribution in [0.2, 0.25) is 0 Å². The second-order valence-electron chi connectivity index (χ2n) is 6.95. The van der Waals surface area contributed by atoms with Crippen LogP contribution in [0.3, 0.4) is 0 Å². The van der Waals surface area contributed by atoms with E-state index in [1.54, 1.807) is 0 Å². The molecule has 0 spiro atoms. The molecule has 2 aromatic rings. The van der Waals surface area contributed by atoms with Gasteiger partial charge in [0.2, 0.25) is 0 Å². The molecule has 0 aliphatic carbocycles. The number of piperidine rings is 1. The van der Waals surface area contributed by atoms with Gasteiger partial charge in [0, 0.05) is 11.7 Å². The zero-order valence-corrected chi connectivity index (χ0v) is 15.4. The van der Waals surface area contributed by atoms with Gasteiger partial charge in [-0.15, -0.1) is 0 Å². The van der Waals surface area contributed by atoms with Gasteiger partial charge in [-0.3, -0.25) is 0 Å². The second-order valence-corrected chi connectivity index (χ2v) is 6.95. The summed E-state index contributed by atoms with van der Waals surface area (Å²) in [6.45, 7) is 6.71. The Morgan fingerprint density at radius 1 is 1.08 bits per heavy atom. The van der Waals surface area contributed by atoms with Crippen LogP contribution in [0, 0.1) is 6.92 Å². The zero-order chi connectivity index (χ0) is 17.6. The molecule has 0 saturated carbocycles. The van der Waals surface area contributed by atoms with Gasteiger partial charge < -0.3 is 15.3 Å². The van der Waals surface area contributed by atoms with Crippen LogP contribution < -0.4 is 10.2 Å². The Labute approximate surface area is 151 Å². The predicted molar refractivity (Wildman–Crippen MR) is 106 cm³/mol. The summed E-state index contributed by atoms with van der Waals surface area (Å²) < 4.78 is 0. The fourth-order valence-electron chi connectivity index (χ4n) is 4.02. The van der Waals surface area contributed by atoms with E-state index in [-0.39, 0.29) is 12.6 Å². The molecule has 1 aliphatic heterocycles. The summed E-state index contributed by atoms with van der Waals surface area (Å²) in [5.41, 5.74) is 5.11. The Morgan fingerprint density at radius 3 is 2.44 bits per heavy atom. The molecular formula is C22H30N2O. The summed E-state index contributed by atoms with van der Waals surface area (Å²) in [7, 11) is 0. The molecule has 0 radical (unpaired) electrons. The topological polar surface area (TPSA) is 35.5 Å². The fraction of sp³-hybridized carbons (Fsp3) is 0.455. The van der Waals surface area contributed by atoms with Gasteiger partial charge in [-0.1, -0.05) is 49.4 Å². The highest BCUT2D eigenvalue weighted by atomic mass is 16.3. The number of hydrogen-bond donors (Lipinski definition) is 2. The van der Waals surface area contributed by atoms with Crippen molar-refractivity contribution in [1.82, 2.24) is 5.32 Å². The summed E-state index contributed by atoms with van der Waals surface area (Å²) in [6, 6.07) is 17.8. The molecule has 0 amide bonds. The Hall–Kier alpha value is -1.84. The van der Waals surface area contributed by atoms with Crippen molar-refractivity contribution in [1.29, 1.82) is 0 Å². The molecule has 1 fully saturated rings. The summed E-state index contributed by atoms with van der Waals surface area (Å²) >= 11 is 0. The van der Waals surface area contributed by atoms with Crippen molar-refractivity contribution < 1.29 is 5.11 Å². The fourth-order valence-corrected chi connectivity index (χ4v) is 4.02. The van der Waals surface area contributed by atoms with E-state index in [0.29, 0.717) is 6.04 Å². The van der Waals surface area contributed by atoms with Crippen LogP contribution in [0.5, 0.6) is 0 Å². The lowest BCUT2D eigenvalue weighted by atomic mass is 9.95. The third kappa shape index (κ3) is 3.88. The number of aliphatic hydroxyl groups is 1. The first kappa shape index (κ1) is 18.0. The van der Waals surface area contributed by atoms with Crippen LogP contribution in [0.4, 0.5) is 5.69 Å².